The van der Waals surface area contributed by atoms with Crippen LogP contribution in [0.2, 0.25) is 0 Å². The molecule has 130 valence electrons. The van der Waals surface area contributed by atoms with Gasteiger partial charge in [0.1, 0.15) is 5.75 Å². The number of nitrogens with zero attached hydrogens (tertiary/aromatic N) is 2. The summed E-state index contributed by atoms with van der Waals surface area (Å²) in [7, 11) is 3.43. The lowest BCUT2D eigenvalue weighted by molar-refractivity contribution is 0.207. The fourth-order valence-corrected chi connectivity index (χ4v) is 2.78. The molecule has 0 bridgehead atoms. The molecule has 6 heteroatoms. The van der Waals surface area contributed by atoms with Crippen LogP contribution in [-0.2, 0) is 13.0 Å². The van der Waals surface area contributed by atoms with Crippen LogP contribution in [0, 0.1) is 0 Å². The third-order valence-electron chi connectivity index (χ3n) is 4.13. The monoisotopic (exact) mass is 338 g/mol. The number of methoxy groups -OCH3 is 1. The molecular formula is C19H22N4O2. The van der Waals surface area contributed by atoms with Crippen molar-refractivity contribution in [2.75, 3.05) is 20.7 Å². The highest BCUT2D eigenvalue weighted by atomic mass is 16.5. The maximum absolute atomic E-state index is 12.2. The summed E-state index contributed by atoms with van der Waals surface area (Å²) < 4.78 is 5.23. The molecule has 2 aromatic heterocycles. The van der Waals surface area contributed by atoms with Crippen molar-refractivity contribution in [3.8, 4) is 5.75 Å². The van der Waals surface area contributed by atoms with Gasteiger partial charge in [0.15, 0.2) is 0 Å². The molecule has 3 rings (SSSR count). The van der Waals surface area contributed by atoms with Gasteiger partial charge in [-0.1, -0.05) is 6.07 Å². The van der Waals surface area contributed by atoms with Crippen molar-refractivity contribution >= 4 is 16.9 Å². The van der Waals surface area contributed by atoms with Gasteiger partial charge in [-0.15, -0.1) is 0 Å². The molecule has 2 amide bonds. The highest BCUT2D eigenvalue weighted by molar-refractivity contribution is 5.84. The second-order valence-electron chi connectivity index (χ2n) is 5.92. The molecule has 0 radical (unpaired) electrons. The van der Waals surface area contributed by atoms with Crippen molar-refractivity contribution in [2.45, 2.75) is 13.0 Å². The van der Waals surface area contributed by atoms with E-state index in [2.05, 4.69) is 15.3 Å². The van der Waals surface area contributed by atoms with Gasteiger partial charge in [0.25, 0.3) is 0 Å². The van der Waals surface area contributed by atoms with Crippen LogP contribution >= 0.6 is 0 Å². The van der Waals surface area contributed by atoms with Crippen LogP contribution in [0.1, 0.15) is 11.1 Å². The lowest BCUT2D eigenvalue weighted by Crippen LogP contribution is -2.37. The molecule has 6 nitrogen and oxygen atoms in total. The minimum Gasteiger partial charge on any atom is -0.497 e. The summed E-state index contributed by atoms with van der Waals surface area (Å²) in [6.07, 6.45) is 6.23. The first-order valence-corrected chi connectivity index (χ1v) is 8.19. The largest absolute Gasteiger partial charge is 0.497 e. The highest BCUT2D eigenvalue weighted by Gasteiger charge is 2.10. The van der Waals surface area contributed by atoms with Crippen LogP contribution in [0.3, 0.4) is 0 Å². The molecule has 0 saturated heterocycles. The zero-order chi connectivity index (χ0) is 17.6. The number of benzene rings is 1. The van der Waals surface area contributed by atoms with Gasteiger partial charge in [-0.2, -0.15) is 0 Å². The number of ether oxygens (including phenoxy) is 1. The van der Waals surface area contributed by atoms with Crippen molar-refractivity contribution in [1.82, 2.24) is 20.2 Å². The maximum atomic E-state index is 12.2. The number of carbonyl (C=O) groups excluding carboxylic acids is 1. The van der Waals surface area contributed by atoms with Crippen LogP contribution in [0.4, 0.5) is 4.79 Å². The standard InChI is InChI=1S/C19H22N4O2/c1-23(13-14-4-3-8-20-11-14)19(24)21-9-7-15-12-22-18-10-16(25-2)5-6-17(15)18/h3-6,8,10-12,22H,7,9,13H2,1-2H3,(H,21,24). The van der Waals surface area contributed by atoms with Gasteiger partial charge in [0, 0.05) is 55.7 Å². The summed E-state index contributed by atoms with van der Waals surface area (Å²) in [5, 5.41) is 4.11. The van der Waals surface area contributed by atoms with E-state index in [1.54, 1.807) is 31.5 Å². The number of fused-ring (bicyclic) bond motifs is 1. The summed E-state index contributed by atoms with van der Waals surface area (Å²) in [4.78, 5) is 21.2. The third-order valence-corrected chi connectivity index (χ3v) is 4.13. The SMILES string of the molecule is COc1ccc2c(CCNC(=O)N(C)Cc3cccnc3)c[nH]c2c1. The Balaban J connectivity index is 1.53. The maximum Gasteiger partial charge on any atom is 0.317 e. The molecule has 0 aliphatic rings. The van der Waals surface area contributed by atoms with Crippen LogP contribution in [0.25, 0.3) is 10.9 Å². The number of aromatic amines is 1. The van der Waals surface area contributed by atoms with E-state index < -0.39 is 0 Å². The van der Waals surface area contributed by atoms with Gasteiger partial charge in [0.05, 0.1) is 7.11 Å². The number of aromatic nitrogens is 2. The van der Waals surface area contributed by atoms with Gasteiger partial charge in [-0.05, 0) is 35.7 Å². The molecule has 3 aromatic rings. The van der Waals surface area contributed by atoms with Gasteiger partial charge in [-0.25, -0.2) is 4.79 Å². The van der Waals surface area contributed by atoms with E-state index >= 15 is 0 Å². The summed E-state index contributed by atoms with van der Waals surface area (Å²) in [5.41, 5.74) is 3.22. The molecule has 25 heavy (non-hydrogen) atoms. The minimum absolute atomic E-state index is 0.0923. The number of nitrogens with one attached hydrogen (secondary N) is 2. The predicted molar refractivity (Wildman–Crippen MR) is 97.7 cm³/mol. The predicted octanol–water partition coefficient (Wildman–Crippen LogP) is 2.96. The Morgan fingerprint density at radius 3 is 3.00 bits per heavy atom. The molecule has 0 unspecified atom stereocenters. The number of amides is 2. The fraction of sp³-hybridized carbons (Fsp3) is 0.263. The minimum atomic E-state index is -0.0923. The van der Waals surface area contributed by atoms with Crippen LogP contribution < -0.4 is 10.1 Å². The quantitative estimate of drug-likeness (QED) is 0.726. The Morgan fingerprint density at radius 1 is 1.36 bits per heavy atom. The van der Waals surface area contributed by atoms with E-state index in [1.165, 1.54) is 5.56 Å². The van der Waals surface area contributed by atoms with E-state index in [-0.39, 0.29) is 6.03 Å². The molecule has 0 aliphatic heterocycles. The zero-order valence-corrected chi connectivity index (χ0v) is 14.5. The first-order valence-electron chi connectivity index (χ1n) is 8.19. The third kappa shape index (κ3) is 4.09. The second-order valence-corrected chi connectivity index (χ2v) is 5.92. The number of rotatable bonds is 6. The number of urea groups is 1. The lowest BCUT2D eigenvalue weighted by atomic mass is 10.1. The van der Waals surface area contributed by atoms with Crippen molar-refractivity contribution in [2.24, 2.45) is 0 Å². The Labute approximate surface area is 146 Å². The molecule has 0 saturated carbocycles. The first kappa shape index (κ1) is 16.8. The number of carbonyl (C=O) groups is 1. The van der Waals surface area contributed by atoms with Gasteiger partial charge >= 0.3 is 6.03 Å². The van der Waals surface area contributed by atoms with E-state index in [0.29, 0.717) is 13.1 Å². The Hall–Kier alpha value is -3.02. The van der Waals surface area contributed by atoms with Gasteiger partial charge in [-0.3, -0.25) is 4.98 Å². The molecule has 0 aliphatic carbocycles. The van der Waals surface area contributed by atoms with E-state index in [9.17, 15) is 4.79 Å². The van der Waals surface area contributed by atoms with E-state index in [0.717, 1.165) is 28.6 Å². The summed E-state index contributed by atoms with van der Waals surface area (Å²) in [5.74, 6) is 0.825. The topological polar surface area (TPSA) is 70.2 Å². The van der Waals surface area contributed by atoms with Crippen LogP contribution in [0.5, 0.6) is 5.75 Å². The van der Waals surface area contributed by atoms with E-state index in [1.807, 2.05) is 36.5 Å². The average Bonchev–Trinajstić information content (AvgIpc) is 3.04. The summed E-state index contributed by atoms with van der Waals surface area (Å²) >= 11 is 0. The highest BCUT2D eigenvalue weighted by Crippen LogP contribution is 2.23. The fourth-order valence-electron chi connectivity index (χ4n) is 2.78. The second kappa shape index (κ2) is 7.70. The number of hydrogen-bond acceptors (Lipinski definition) is 3. The molecule has 0 atom stereocenters. The van der Waals surface area contributed by atoms with Crippen LogP contribution in [-0.4, -0.2) is 41.6 Å². The number of hydrogen-bond donors (Lipinski definition) is 2. The molecular weight excluding hydrogens is 316 g/mol. The Kier molecular flexibility index (Phi) is 5.18. The Morgan fingerprint density at radius 2 is 2.24 bits per heavy atom. The van der Waals surface area contributed by atoms with Crippen molar-refractivity contribution < 1.29 is 9.53 Å². The van der Waals surface area contributed by atoms with E-state index in [4.69, 9.17) is 4.74 Å². The molecule has 2 N–H and O–H groups in total. The van der Waals surface area contributed by atoms with Crippen LogP contribution in [0.15, 0.2) is 48.9 Å². The molecule has 0 fully saturated rings. The average molecular weight is 338 g/mol. The lowest BCUT2D eigenvalue weighted by Gasteiger charge is -2.17. The Bertz CT molecular complexity index is 845. The summed E-state index contributed by atoms with van der Waals surface area (Å²) in [6.45, 7) is 1.11. The first-order chi connectivity index (χ1) is 12.2. The molecule has 0 spiro atoms. The molecule has 2 heterocycles. The van der Waals surface area contributed by atoms with Crippen molar-refractivity contribution in [1.29, 1.82) is 0 Å². The summed E-state index contributed by atoms with van der Waals surface area (Å²) in [6, 6.07) is 9.68. The number of pyridine rings is 1. The normalized spacial score (nSPS) is 10.6. The van der Waals surface area contributed by atoms with Gasteiger partial charge in [0.2, 0.25) is 0 Å². The van der Waals surface area contributed by atoms with Crippen molar-refractivity contribution in [3.63, 3.8) is 0 Å². The molecule has 1 aromatic carbocycles. The number of H-pyrrole nitrogens is 1. The smallest absolute Gasteiger partial charge is 0.317 e. The van der Waals surface area contributed by atoms with Crippen molar-refractivity contribution in [3.05, 3.63) is 60.0 Å². The van der Waals surface area contributed by atoms with Gasteiger partial charge < -0.3 is 19.9 Å². The zero-order valence-electron chi connectivity index (χ0n) is 14.5.